The summed E-state index contributed by atoms with van der Waals surface area (Å²) in [7, 11) is 2.13. The van der Waals surface area contributed by atoms with Gasteiger partial charge in [0, 0.05) is 41.4 Å². The highest BCUT2D eigenvalue weighted by Gasteiger charge is 2.19. The maximum absolute atomic E-state index is 13.5. The first kappa shape index (κ1) is 23.4. The number of nitrogens with zero attached hydrogens (tertiary/aromatic N) is 3. The Balaban J connectivity index is 1.69. The topological polar surface area (TPSA) is 68.0 Å². The molecule has 0 radical (unpaired) electrons. The Labute approximate surface area is 198 Å². The predicted octanol–water partition coefficient (Wildman–Crippen LogP) is 3.67. The SMILES string of the molecule is CC(C)NC(=O)Cn1c(-c2cccc(Cl)c2)cn2cc(OCC3CCCN(C)C3)cc2c1=O. The Kier molecular flexibility index (Phi) is 7.10. The van der Waals surface area contributed by atoms with Gasteiger partial charge in [-0.2, -0.15) is 0 Å². The van der Waals surface area contributed by atoms with Gasteiger partial charge in [0.25, 0.3) is 5.56 Å². The monoisotopic (exact) mass is 470 g/mol. The Morgan fingerprint density at radius 3 is 2.82 bits per heavy atom. The van der Waals surface area contributed by atoms with Gasteiger partial charge in [-0.15, -0.1) is 0 Å². The molecule has 176 valence electrons. The van der Waals surface area contributed by atoms with Crippen LogP contribution in [0.2, 0.25) is 5.02 Å². The van der Waals surface area contributed by atoms with Crippen LogP contribution in [0.25, 0.3) is 16.8 Å². The van der Waals surface area contributed by atoms with E-state index in [2.05, 4.69) is 17.3 Å². The van der Waals surface area contributed by atoms with Gasteiger partial charge < -0.3 is 19.4 Å². The molecule has 7 nitrogen and oxygen atoms in total. The van der Waals surface area contributed by atoms with Gasteiger partial charge in [-0.3, -0.25) is 14.2 Å². The molecule has 1 unspecified atom stereocenters. The van der Waals surface area contributed by atoms with Crippen molar-refractivity contribution in [3.05, 3.63) is 58.1 Å². The number of fused-ring (bicyclic) bond motifs is 1. The zero-order valence-electron chi connectivity index (χ0n) is 19.4. The molecule has 0 aliphatic carbocycles. The van der Waals surface area contributed by atoms with Crippen LogP contribution in [0.1, 0.15) is 26.7 Å². The summed E-state index contributed by atoms with van der Waals surface area (Å²) in [6.45, 7) is 6.47. The molecule has 1 aliphatic heterocycles. The number of nitrogens with one attached hydrogen (secondary N) is 1. The Bertz CT molecular complexity index is 1200. The first-order valence-electron chi connectivity index (χ1n) is 11.4. The van der Waals surface area contributed by atoms with Gasteiger partial charge >= 0.3 is 0 Å². The number of likely N-dealkylation sites (tertiary alicyclic amines) is 1. The van der Waals surface area contributed by atoms with Crippen molar-refractivity contribution in [2.24, 2.45) is 5.92 Å². The number of halogens is 1. The largest absolute Gasteiger partial charge is 0.492 e. The number of benzene rings is 1. The van der Waals surface area contributed by atoms with E-state index in [0.717, 1.165) is 25.1 Å². The van der Waals surface area contributed by atoms with E-state index in [4.69, 9.17) is 16.3 Å². The fraction of sp³-hybridized carbons (Fsp3) is 0.440. The molecule has 3 aromatic rings. The molecule has 3 heterocycles. The van der Waals surface area contributed by atoms with Crippen molar-refractivity contribution in [1.29, 1.82) is 0 Å². The molecule has 1 N–H and O–H groups in total. The molecule has 4 rings (SSSR count). The molecule has 2 aromatic heterocycles. The van der Waals surface area contributed by atoms with E-state index in [1.54, 1.807) is 22.6 Å². The van der Waals surface area contributed by atoms with E-state index >= 15 is 0 Å². The van der Waals surface area contributed by atoms with Crippen molar-refractivity contribution in [2.75, 3.05) is 26.7 Å². The van der Waals surface area contributed by atoms with E-state index in [1.165, 1.54) is 11.0 Å². The lowest BCUT2D eigenvalue weighted by molar-refractivity contribution is -0.122. The summed E-state index contributed by atoms with van der Waals surface area (Å²) in [6, 6.07) is 9.02. The van der Waals surface area contributed by atoms with Gasteiger partial charge in [-0.05, 0) is 52.4 Å². The van der Waals surface area contributed by atoms with Crippen LogP contribution >= 0.6 is 11.6 Å². The summed E-state index contributed by atoms with van der Waals surface area (Å²) in [5.41, 5.74) is 1.60. The molecule has 1 atom stereocenters. The molecule has 1 aromatic carbocycles. The number of hydrogen-bond acceptors (Lipinski definition) is 4. The van der Waals surface area contributed by atoms with Crippen LogP contribution in [0.3, 0.4) is 0 Å². The number of aromatic nitrogens is 2. The Hall–Kier alpha value is -2.77. The van der Waals surface area contributed by atoms with E-state index in [-0.39, 0.29) is 24.1 Å². The van der Waals surface area contributed by atoms with E-state index < -0.39 is 0 Å². The van der Waals surface area contributed by atoms with Crippen molar-refractivity contribution < 1.29 is 9.53 Å². The van der Waals surface area contributed by atoms with Gasteiger partial charge in [0.15, 0.2) is 0 Å². The third-order valence-corrected chi connectivity index (χ3v) is 6.15. The first-order valence-corrected chi connectivity index (χ1v) is 11.8. The van der Waals surface area contributed by atoms with Crippen LogP contribution in [0, 0.1) is 5.92 Å². The molecule has 1 fully saturated rings. The van der Waals surface area contributed by atoms with Crippen molar-refractivity contribution in [2.45, 2.75) is 39.3 Å². The van der Waals surface area contributed by atoms with Crippen molar-refractivity contribution in [1.82, 2.24) is 19.2 Å². The van der Waals surface area contributed by atoms with Gasteiger partial charge in [0.2, 0.25) is 5.91 Å². The molecular weight excluding hydrogens is 440 g/mol. The number of carbonyl (C=O) groups is 1. The molecule has 1 saturated heterocycles. The van der Waals surface area contributed by atoms with Gasteiger partial charge in [0.1, 0.15) is 17.8 Å². The molecular formula is C25H31ClN4O3. The fourth-order valence-electron chi connectivity index (χ4n) is 4.43. The summed E-state index contributed by atoms with van der Waals surface area (Å²) in [5.74, 6) is 0.913. The van der Waals surface area contributed by atoms with Crippen molar-refractivity contribution >= 4 is 23.0 Å². The van der Waals surface area contributed by atoms with Gasteiger partial charge in [-0.1, -0.05) is 23.7 Å². The number of amides is 1. The van der Waals surface area contributed by atoms with Crippen LogP contribution in [0.4, 0.5) is 0 Å². The Morgan fingerprint density at radius 2 is 2.09 bits per heavy atom. The zero-order valence-corrected chi connectivity index (χ0v) is 20.1. The van der Waals surface area contributed by atoms with Crippen LogP contribution < -0.4 is 15.6 Å². The van der Waals surface area contributed by atoms with E-state index in [9.17, 15) is 9.59 Å². The second-order valence-corrected chi connectivity index (χ2v) is 9.62. The maximum Gasteiger partial charge on any atom is 0.275 e. The maximum atomic E-state index is 13.5. The van der Waals surface area contributed by atoms with Crippen molar-refractivity contribution in [3.8, 4) is 17.0 Å². The number of carbonyl (C=O) groups excluding carboxylic acids is 1. The molecule has 0 spiro atoms. The minimum atomic E-state index is -0.251. The summed E-state index contributed by atoms with van der Waals surface area (Å²) in [6.07, 6.45) is 6.00. The van der Waals surface area contributed by atoms with Crippen LogP contribution in [-0.2, 0) is 11.3 Å². The molecule has 0 saturated carbocycles. The highest BCUT2D eigenvalue weighted by atomic mass is 35.5. The average Bonchev–Trinajstić information content (AvgIpc) is 3.17. The minimum absolute atomic E-state index is 0.0151. The minimum Gasteiger partial charge on any atom is -0.492 e. The highest BCUT2D eigenvalue weighted by molar-refractivity contribution is 6.30. The summed E-state index contributed by atoms with van der Waals surface area (Å²) in [5, 5.41) is 3.42. The fourth-order valence-corrected chi connectivity index (χ4v) is 4.62. The summed E-state index contributed by atoms with van der Waals surface area (Å²) < 4.78 is 9.35. The van der Waals surface area contributed by atoms with Gasteiger partial charge in [0.05, 0.1) is 18.5 Å². The predicted molar refractivity (Wildman–Crippen MR) is 131 cm³/mol. The number of rotatable bonds is 7. The van der Waals surface area contributed by atoms with E-state index in [1.807, 2.05) is 38.4 Å². The zero-order chi connectivity index (χ0) is 23.5. The van der Waals surface area contributed by atoms with Crippen LogP contribution in [0.15, 0.2) is 47.5 Å². The molecule has 1 aliphatic rings. The molecule has 1 amide bonds. The number of piperidine rings is 1. The van der Waals surface area contributed by atoms with E-state index in [0.29, 0.717) is 34.5 Å². The lowest BCUT2D eigenvalue weighted by atomic mass is 10.00. The third-order valence-electron chi connectivity index (χ3n) is 5.92. The summed E-state index contributed by atoms with van der Waals surface area (Å²) >= 11 is 6.21. The van der Waals surface area contributed by atoms with Gasteiger partial charge in [-0.25, -0.2) is 0 Å². The number of ether oxygens (including phenoxy) is 1. The second-order valence-electron chi connectivity index (χ2n) is 9.19. The standard InChI is InChI=1S/C25H31ClN4O3/c1-17(2)27-24(31)15-30-23(19-7-4-8-20(26)10-19)14-29-13-21(11-22(29)25(30)32)33-16-18-6-5-9-28(3)12-18/h4,7-8,10-11,13-14,17-18H,5-6,9,12,15-16H2,1-3H3,(H,27,31). The molecule has 8 heteroatoms. The number of hydrogen-bond donors (Lipinski definition) is 1. The van der Waals surface area contributed by atoms with Crippen molar-refractivity contribution in [3.63, 3.8) is 0 Å². The summed E-state index contributed by atoms with van der Waals surface area (Å²) in [4.78, 5) is 28.3. The van der Waals surface area contributed by atoms with Crippen LogP contribution in [0.5, 0.6) is 5.75 Å². The highest BCUT2D eigenvalue weighted by Crippen LogP contribution is 2.25. The first-order chi connectivity index (χ1) is 15.8. The lowest BCUT2D eigenvalue weighted by Gasteiger charge is -2.29. The molecule has 0 bridgehead atoms. The Morgan fingerprint density at radius 1 is 1.27 bits per heavy atom. The molecule has 33 heavy (non-hydrogen) atoms. The normalized spacial score (nSPS) is 16.9. The average molecular weight is 471 g/mol. The smallest absolute Gasteiger partial charge is 0.275 e. The lowest BCUT2D eigenvalue weighted by Crippen LogP contribution is -2.36. The third kappa shape index (κ3) is 5.60. The van der Waals surface area contributed by atoms with Crippen LogP contribution in [-0.4, -0.2) is 52.6 Å². The quantitative estimate of drug-likeness (QED) is 0.572. The second kappa shape index (κ2) is 10.0.